The van der Waals surface area contributed by atoms with Crippen LogP contribution in [0.25, 0.3) is 11.7 Å². The maximum Gasteiger partial charge on any atom is 0.198 e. The van der Waals surface area contributed by atoms with Gasteiger partial charge in [-0.05, 0) is 49.5 Å². The molecule has 0 amide bonds. The second kappa shape index (κ2) is 7.22. The lowest BCUT2D eigenvalue weighted by Crippen LogP contribution is -2.19. The van der Waals surface area contributed by atoms with Gasteiger partial charge in [0.15, 0.2) is 22.9 Å². The van der Waals surface area contributed by atoms with E-state index in [4.69, 9.17) is 9.98 Å². The number of hydrogen-bond acceptors (Lipinski definition) is 6. The number of aromatic amines is 1. The highest BCUT2D eigenvalue weighted by Crippen LogP contribution is 2.28. The molecule has 3 aromatic heterocycles. The fourth-order valence-electron chi connectivity index (χ4n) is 3.36. The number of H-pyrrole nitrogens is 1. The van der Waals surface area contributed by atoms with Crippen LogP contribution in [-0.4, -0.2) is 36.3 Å². The Balaban J connectivity index is 1.65. The first-order valence-corrected chi connectivity index (χ1v) is 9.91. The van der Waals surface area contributed by atoms with Crippen LogP contribution >= 0.6 is 0 Å². The molecule has 0 spiro atoms. The molecule has 5 rings (SSSR count). The van der Waals surface area contributed by atoms with Crippen LogP contribution in [0.5, 0.6) is 11.8 Å². The Morgan fingerprint density at radius 2 is 2.13 bits per heavy atom. The van der Waals surface area contributed by atoms with Crippen molar-refractivity contribution < 1.29 is 10.2 Å². The first-order valence-electron chi connectivity index (χ1n) is 9.91. The number of fused-ring (bicyclic) bond motifs is 1. The van der Waals surface area contributed by atoms with Crippen molar-refractivity contribution >= 4 is 23.2 Å². The van der Waals surface area contributed by atoms with Gasteiger partial charge in [0.1, 0.15) is 5.82 Å². The average Bonchev–Trinajstić information content (AvgIpc) is 3.37. The first-order chi connectivity index (χ1) is 14.5. The Morgan fingerprint density at radius 1 is 1.27 bits per heavy atom. The Labute approximate surface area is 172 Å². The van der Waals surface area contributed by atoms with Crippen molar-refractivity contribution in [3.8, 4) is 11.8 Å². The van der Waals surface area contributed by atoms with Crippen molar-refractivity contribution in [1.29, 1.82) is 0 Å². The van der Waals surface area contributed by atoms with Crippen LogP contribution < -0.4 is 16.0 Å². The normalized spacial score (nSPS) is 15.2. The van der Waals surface area contributed by atoms with Crippen LogP contribution in [0.2, 0.25) is 0 Å². The van der Waals surface area contributed by atoms with Crippen molar-refractivity contribution in [2.45, 2.75) is 19.8 Å². The minimum absolute atomic E-state index is 0.106. The summed E-state index contributed by atoms with van der Waals surface area (Å²) in [7, 11) is 0. The van der Waals surface area contributed by atoms with E-state index in [2.05, 4.69) is 21.5 Å². The molecule has 0 aliphatic heterocycles. The zero-order valence-corrected chi connectivity index (χ0v) is 16.5. The molecule has 0 bridgehead atoms. The van der Waals surface area contributed by atoms with E-state index >= 15 is 0 Å². The van der Waals surface area contributed by atoms with Gasteiger partial charge < -0.3 is 15.5 Å². The van der Waals surface area contributed by atoms with E-state index in [0.717, 1.165) is 23.3 Å². The highest BCUT2D eigenvalue weighted by molar-refractivity contribution is 5.63. The van der Waals surface area contributed by atoms with E-state index in [-0.39, 0.29) is 11.8 Å². The summed E-state index contributed by atoms with van der Waals surface area (Å²) in [6.07, 6.45) is 5.85. The molecule has 8 nitrogen and oxygen atoms in total. The van der Waals surface area contributed by atoms with Gasteiger partial charge in [-0.15, -0.1) is 0 Å². The standard InChI is InChI=1S/C22H22N6O2/c1-13-3-2-4-17(7-13)25-18-10-19(23-11-14-5-6-14)28-21(26-18)16(12-24-28)8-15-9-20(29)27-22(15)30/h2-4,7-10,12,14,25,27,29-30H,5-6,11H2,1H3. The average molecular weight is 402 g/mol. The topological polar surface area (TPSA) is 111 Å². The Kier molecular flexibility index (Phi) is 4.39. The molecule has 1 aliphatic carbocycles. The van der Waals surface area contributed by atoms with Gasteiger partial charge in [-0.2, -0.15) is 9.61 Å². The summed E-state index contributed by atoms with van der Waals surface area (Å²) in [5.41, 5.74) is 3.89. The molecule has 30 heavy (non-hydrogen) atoms. The number of aromatic hydroxyl groups is 2. The second-order valence-electron chi connectivity index (χ2n) is 7.72. The molecule has 0 unspecified atom stereocenters. The quantitative estimate of drug-likeness (QED) is 0.410. The third-order valence-corrected chi connectivity index (χ3v) is 5.10. The van der Waals surface area contributed by atoms with E-state index in [1.54, 1.807) is 16.8 Å². The molecule has 4 N–H and O–H groups in total. The number of benzene rings is 1. The van der Waals surface area contributed by atoms with Gasteiger partial charge in [0, 0.05) is 35.1 Å². The summed E-state index contributed by atoms with van der Waals surface area (Å²) in [6.45, 7) is 2.81. The molecule has 1 aliphatic rings. The summed E-state index contributed by atoms with van der Waals surface area (Å²) in [5, 5.41) is 28.1. The van der Waals surface area contributed by atoms with E-state index in [1.807, 2.05) is 31.2 Å². The van der Waals surface area contributed by atoms with E-state index < -0.39 is 0 Å². The minimum Gasteiger partial charge on any atom is -0.494 e. The fraction of sp³-hybridized carbons (Fsp3) is 0.227. The predicted molar refractivity (Wildman–Crippen MR) is 114 cm³/mol. The SMILES string of the molecule is Cc1cccc(Nc2cc(=NCC3CC3)n3ncc(=Cc4cc(O)[nH]c4O)c3n2)c1. The van der Waals surface area contributed by atoms with Gasteiger partial charge in [0.05, 0.1) is 6.20 Å². The van der Waals surface area contributed by atoms with Gasteiger partial charge in [-0.3, -0.25) is 9.98 Å². The number of hydrogen-bond donors (Lipinski definition) is 4. The second-order valence-corrected chi connectivity index (χ2v) is 7.72. The van der Waals surface area contributed by atoms with Gasteiger partial charge in [0.2, 0.25) is 0 Å². The maximum absolute atomic E-state index is 9.96. The van der Waals surface area contributed by atoms with Gasteiger partial charge in [-0.25, -0.2) is 4.98 Å². The van der Waals surface area contributed by atoms with Gasteiger partial charge in [-0.1, -0.05) is 12.1 Å². The number of rotatable bonds is 5. The zero-order valence-electron chi connectivity index (χ0n) is 16.5. The highest BCUT2D eigenvalue weighted by Gasteiger charge is 2.20. The lowest BCUT2D eigenvalue weighted by atomic mass is 10.2. The van der Waals surface area contributed by atoms with Crippen molar-refractivity contribution in [2.24, 2.45) is 10.9 Å². The summed E-state index contributed by atoms with van der Waals surface area (Å²) >= 11 is 0. The first kappa shape index (κ1) is 18.2. The summed E-state index contributed by atoms with van der Waals surface area (Å²) in [5.74, 6) is 1.10. The van der Waals surface area contributed by atoms with Crippen molar-refractivity contribution in [2.75, 3.05) is 11.9 Å². The lowest BCUT2D eigenvalue weighted by molar-refractivity contribution is 0.425. The van der Waals surface area contributed by atoms with E-state index in [0.29, 0.717) is 28.2 Å². The van der Waals surface area contributed by atoms with Crippen LogP contribution in [-0.2, 0) is 0 Å². The van der Waals surface area contributed by atoms with Crippen molar-refractivity contribution in [3.63, 3.8) is 0 Å². The third kappa shape index (κ3) is 3.71. The number of aryl methyl sites for hydroxylation is 1. The molecule has 4 aromatic rings. The molecule has 152 valence electrons. The molecule has 0 radical (unpaired) electrons. The van der Waals surface area contributed by atoms with Crippen LogP contribution in [0, 0.1) is 12.8 Å². The Morgan fingerprint density at radius 3 is 2.87 bits per heavy atom. The monoisotopic (exact) mass is 402 g/mol. The van der Waals surface area contributed by atoms with Gasteiger partial charge >= 0.3 is 0 Å². The number of aromatic nitrogens is 4. The van der Waals surface area contributed by atoms with Crippen molar-refractivity contribution in [1.82, 2.24) is 19.6 Å². The van der Waals surface area contributed by atoms with Crippen molar-refractivity contribution in [3.05, 3.63) is 64.4 Å². The molecule has 8 heteroatoms. The van der Waals surface area contributed by atoms with E-state index in [1.165, 1.54) is 18.9 Å². The van der Waals surface area contributed by atoms with Crippen LogP contribution in [0.3, 0.4) is 0 Å². The van der Waals surface area contributed by atoms with E-state index in [9.17, 15) is 10.2 Å². The van der Waals surface area contributed by atoms with Crippen LogP contribution in [0.15, 0.2) is 47.6 Å². The zero-order chi connectivity index (χ0) is 20.7. The summed E-state index contributed by atoms with van der Waals surface area (Å²) < 4.78 is 1.71. The maximum atomic E-state index is 9.96. The molecule has 0 saturated heterocycles. The highest BCUT2D eigenvalue weighted by atomic mass is 16.3. The third-order valence-electron chi connectivity index (χ3n) is 5.10. The summed E-state index contributed by atoms with van der Waals surface area (Å²) in [4.78, 5) is 12.0. The molecule has 1 aromatic carbocycles. The molecular formula is C22H22N6O2. The summed E-state index contributed by atoms with van der Waals surface area (Å²) in [6, 6.07) is 11.4. The fourth-order valence-corrected chi connectivity index (χ4v) is 3.36. The lowest BCUT2D eigenvalue weighted by Gasteiger charge is -2.07. The van der Waals surface area contributed by atoms with Crippen LogP contribution in [0.1, 0.15) is 24.0 Å². The molecule has 1 fully saturated rings. The Hall–Kier alpha value is -3.81. The predicted octanol–water partition coefficient (Wildman–Crippen LogP) is 2.38. The molecule has 1 saturated carbocycles. The van der Waals surface area contributed by atoms with Crippen LogP contribution in [0.4, 0.5) is 11.5 Å². The molecule has 3 heterocycles. The number of nitrogens with zero attached hydrogens (tertiary/aromatic N) is 4. The number of anilines is 2. The minimum atomic E-state index is -0.112. The molecule has 0 atom stereocenters. The molecular weight excluding hydrogens is 380 g/mol. The van der Waals surface area contributed by atoms with Gasteiger partial charge in [0.25, 0.3) is 0 Å². The number of nitrogens with one attached hydrogen (secondary N) is 2. The largest absolute Gasteiger partial charge is 0.494 e. The smallest absolute Gasteiger partial charge is 0.198 e. The Bertz CT molecular complexity index is 1350.